The molecule has 1 aliphatic heterocycles. The van der Waals surface area contributed by atoms with Crippen LogP contribution in [-0.2, 0) is 0 Å². The molecule has 94 valence electrons. The molecular weight excluding hydrogens is 280 g/mol. The van der Waals surface area contributed by atoms with Crippen molar-refractivity contribution >= 4 is 27.3 Å². The van der Waals surface area contributed by atoms with E-state index in [1.165, 1.54) is 12.8 Å². The van der Waals surface area contributed by atoms with Gasteiger partial charge in [-0.25, -0.2) is 0 Å². The lowest BCUT2D eigenvalue weighted by atomic mass is 10.1. The van der Waals surface area contributed by atoms with Crippen molar-refractivity contribution in [2.75, 3.05) is 23.8 Å². The van der Waals surface area contributed by atoms with Gasteiger partial charge < -0.3 is 15.7 Å². The summed E-state index contributed by atoms with van der Waals surface area (Å²) < 4.78 is 1.02. The normalized spacial score (nSPS) is 19.9. The van der Waals surface area contributed by atoms with Crippen molar-refractivity contribution in [3.63, 3.8) is 0 Å². The SMILES string of the molecule is Nc1cc(Br)ccc1N1CCCC1CCCO. The number of benzene rings is 1. The topological polar surface area (TPSA) is 49.5 Å². The monoisotopic (exact) mass is 298 g/mol. The van der Waals surface area contributed by atoms with E-state index in [0.717, 1.165) is 35.2 Å². The standard InChI is InChI=1S/C13H19BrN2O/c14-10-5-6-13(12(15)9-10)16-7-1-3-11(16)4-2-8-17/h5-6,9,11,17H,1-4,7-8,15H2. The smallest absolute Gasteiger partial charge is 0.0603 e. The van der Waals surface area contributed by atoms with Crippen molar-refractivity contribution in [1.82, 2.24) is 0 Å². The van der Waals surface area contributed by atoms with Gasteiger partial charge in [0.1, 0.15) is 0 Å². The predicted octanol–water partition coefficient (Wildman–Crippen LogP) is 2.77. The van der Waals surface area contributed by atoms with Gasteiger partial charge in [-0.1, -0.05) is 15.9 Å². The molecule has 1 aromatic carbocycles. The number of nitrogen functional groups attached to an aromatic ring is 1. The summed E-state index contributed by atoms with van der Waals surface area (Å²) in [7, 11) is 0. The van der Waals surface area contributed by atoms with Crippen molar-refractivity contribution in [2.24, 2.45) is 0 Å². The van der Waals surface area contributed by atoms with Gasteiger partial charge in [-0.15, -0.1) is 0 Å². The zero-order chi connectivity index (χ0) is 12.3. The van der Waals surface area contributed by atoms with Crippen LogP contribution < -0.4 is 10.6 Å². The molecule has 4 heteroatoms. The fourth-order valence-corrected chi connectivity index (χ4v) is 2.95. The van der Waals surface area contributed by atoms with Crippen LogP contribution in [0.4, 0.5) is 11.4 Å². The molecule has 1 aliphatic rings. The molecule has 0 radical (unpaired) electrons. The first-order valence-corrected chi connectivity index (χ1v) is 6.94. The first kappa shape index (κ1) is 12.7. The maximum Gasteiger partial charge on any atom is 0.0603 e. The van der Waals surface area contributed by atoms with Crippen LogP contribution >= 0.6 is 15.9 Å². The summed E-state index contributed by atoms with van der Waals surface area (Å²) in [6.45, 7) is 1.35. The van der Waals surface area contributed by atoms with Gasteiger partial charge in [0.15, 0.2) is 0 Å². The minimum Gasteiger partial charge on any atom is -0.397 e. The van der Waals surface area contributed by atoms with E-state index in [2.05, 4.69) is 26.9 Å². The minimum absolute atomic E-state index is 0.278. The molecule has 0 bridgehead atoms. The molecule has 0 aliphatic carbocycles. The molecule has 1 saturated heterocycles. The number of aliphatic hydroxyl groups excluding tert-OH is 1. The second-order valence-electron chi connectivity index (χ2n) is 4.56. The lowest BCUT2D eigenvalue weighted by Gasteiger charge is -2.28. The molecule has 3 nitrogen and oxygen atoms in total. The van der Waals surface area contributed by atoms with Crippen LogP contribution in [0.15, 0.2) is 22.7 Å². The molecule has 1 atom stereocenters. The van der Waals surface area contributed by atoms with Gasteiger partial charge >= 0.3 is 0 Å². The van der Waals surface area contributed by atoms with E-state index >= 15 is 0 Å². The number of anilines is 2. The highest BCUT2D eigenvalue weighted by Crippen LogP contribution is 2.33. The third-order valence-electron chi connectivity index (χ3n) is 3.37. The highest BCUT2D eigenvalue weighted by molar-refractivity contribution is 9.10. The molecule has 2 rings (SSSR count). The average molecular weight is 299 g/mol. The van der Waals surface area contributed by atoms with Crippen molar-refractivity contribution in [1.29, 1.82) is 0 Å². The summed E-state index contributed by atoms with van der Waals surface area (Å²) >= 11 is 3.43. The summed E-state index contributed by atoms with van der Waals surface area (Å²) in [6, 6.07) is 6.60. The fraction of sp³-hybridized carbons (Fsp3) is 0.538. The van der Waals surface area contributed by atoms with Crippen molar-refractivity contribution in [3.05, 3.63) is 22.7 Å². The second-order valence-corrected chi connectivity index (χ2v) is 5.47. The zero-order valence-electron chi connectivity index (χ0n) is 9.90. The summed E-state index contributed by atoms with van der Waals surface area (Å²) in [5.41, 5.74) is 8.03. The Hall–Kier alpha value is -0.740. The zero-order valence-corrected chi connectivity index (χ0v) is 11.5. The maximum atomic E-state index is 8.92. The number of nitrogens with two attached hydrogens (primary N) is 1. The van der Waals surface area contributed by atoms with Gasteiger partial charge in [0, 0.05) is 23.7 Å². The number of halogens is 1. The molecule has 3 N–H and O–H groups in total. The Kier molecular flexibility index (Phi) is 4.29. The Labute approximate surface area is 111 Å². The van der Waals surface area contributed by atoms with Crippen molar-refractivity contribution < 1.29 is 5.11 Å². The van der Waals surface area contributed by atoms with Crippen LogP contribution in [0.3, 0.4) is 0 Å². The van der Waals surface area contributed by atoms with E-state index in [1.807, 2.05) is 12.1 Å². The molecular formula is C13H19BrN2O. The van der Waals surface area contributed by atoms with Crippen LogP contribution in [0, 0.1) is 0 Å². The van der Waals surface area contributed by atoms with E-state index in [4.69, 9.17) is 10.8 Å². The first-order valence-electron chi connectivity index (χ1n) is 6.15. The Balaban J connectivity index is 2.14. The number of hydrogen-bond acceptors (Lipinski definition) is 3. The molecule has 0 spiro atoms. The van der Waals surface area contributed by atoms with E-state index in [0.29, 0.717) is 6.04 Å². The molecule has 0 saturated carbocycles. The van der Waals surface area contributed by atoms with E-state index in [-0.39, 0.29) is 6.61 Å². The van der Waals surface area contributed by atoms with Crippen LogP contribution in [0.25, 0.3) is 0 Å². The van der Waals surface area contributed by atoms with Gasteiger partial charge in [-0.05, 0) is 43.9 Å². The van der Waals surface area contributed by atoms with Gasteiger partial charge in [-0.2, -0.15) is 0 Å². The Bertz CT molecular complexity index is 384. The van der Waals surface area contributed by atoms with Crippen LogP contribution in [0.5, 0.6) is 0 Å². The second kappa shape index (κ2) is 5.74. The maximum absolute atomic E-state index is 8.92. The molecule has 1 aromatic rings. The number of hydrogen-bond donors (Lipinski definition) is 2. The lowest BCUT2D eigenvalue weighted by Crippen LogP contribution is -2.30. The third kappa shape index (κ3) is 2.93. The van der Waals surface area contributed by atoms with Crippen molar-refractivity contribution in [3.8, 4) is 0 Å². The lowest BCUT2D eigenvalue weighted by molar-refractivity contribution is 0.279. The molecule has 0 amide bonds. The molecule has 1 unspecified atom stereocenters. The third-order valence-corrected chi connectivity index (χ3v) is 3.86. The average Bonchev–Trinajstić information content (AvgIpc) is 2.74. The summed E-state index contributed by atoms with van der Waals surface area (Å²) in [6.07, 6.45) is 4.34. The molecule has 17 heavy (non-hydrogen) atoms. The van der Waals surface area contributed by atoms with Gasteiger partial charge in [0.25, 0.3) is 0 Å². The molecule has 0 aromatic heterocycles. The summed E-state index contributed by atoms with van der Waals surface area (Å²) in [5, 5.41) is 8.92. The predicted molar refractivity (Wildman–Crippen MR) is 75.2 cm³/mol. The van der Waals surface area contributed by atoms with Crippen LogP contribution in [0.1, 0.15) is 25.7 Å². The van der Waals surface area contributed by atoms with Crippen LogP contribution in [0.2, 0.25) is 0 Å². The van der Waals surface area contributed by atoms with Gasteiger partial charge in [0.05, 0.1) is 11.4 Å². The summed E-state index contributed by atoms with van der Waals surface area (Å²) in [4.78, 5) is 2.39. The minimum atomic E-state index is 0.278. The van der Waals surface area contributed by atoms with Gasteiger partial charge in [-0.3, -0.25) is 0 Å². The number of nitrogens with zero attached hydrogens (tertiary/aromatic N) is 1. The quantitative estimate of drug-likeness (QED) is 0.841. The summed E-state index contributed by atoms with van der Waals surface area (Å²) in [5.74, 6) is 0. The molecule has 1 fully saturated rings. The fourth-order valence-electron chi connectivity index (χ4n) is 2.57. The van der Waals surface area contributed by atoms with E-state index in [9.17, 15) is 0 Å². The molecule has 1 heterocycles. The van der Waals surface area contributed by atoms with Crippen molar-refractivity contribution in [2.45, 2.75) is 31.7 Å². The Morgan fingerprint density at radius 2 is 2.29 bits per heavy atom. The Morgan fingerprint density at radius 1 is 1.47 bits per heavy atom. The van der Waals surface area contributed by atoms with Gasteiger partial charge in [0.2, 0.25) is 0 Å². The Morgan fingerprint density at radius 3 is 3.00 bits per heavy atom. The van der Waals surface area contributed by atoms with Crippen LogP contribution in [-0.4, -0.2) is 24.3 Å². The highest BCUT2D eigenvalue weighted by Gasteiger charge is 2.25. The largest absolute Gasteiger partial charge is 0.397 e. The highest BCUT2D eigenvalue weighted by atomic mass is 79.9. The first-order chi connectivity index (χ1) is 8.22. The van der Waals surface area contributed by atoms with E-state index in [1.54, 1.807) is 0 Å². The number of aliphatic hydroxyl groups is 1. The van der Waals surface area contributed by atoms with E-state index < -0.39 is 0 Å². The number of rotatable bonds is 4.